The van der Waals surface area contributed by atoms with Crippen molar-refractivity contribution in [1.82, 2.24) is 0 Å². The minimum Gasteiger partial charge on any atom is -0.399 e. The monoisotopic (exact) mass is 416 g/mol. The maximum Gasteiger partial charge on any atom is 0.256 e. The van der Waals surface area contributed by atoms with E-state index >= 15 is 0 Å². The molecule has 20 heavy (non-hydrogen) atoms. The Labute approximate surface area is 138 Å². The number of nitrogen functional groups attached to an aromatic ring is 1. The van der Waals surface area contributed by atoms with Crippen LogP contribution in [0.15, 0.2) is 39.3 Å². The zero-order chi connectivity index (χ0) is 14.9. The Kier molecular flexibility index (Phi) is 4.73. The summed E-state index contributed by atoms with van der Waals surface area (Å²) in [4.78, 5) is 12.3. The zero-order valence-electron chi connectivity index (χ0n) is 10.5. The van der Waals surface area contributed by atoms with Crippen LogP contribution in [0.4, 0.5) is 11.4 Å². The molecule has 2 aromatic rings. The second kappa shape index (κ2) is 6.16. The van der Waals surface area contributed by atoms with Crippen LogP contribution in [0.2, 0.25) is 5.02 Å². The molecule has 2 rings (SSSR count). The SMILES string of the molecule is Cc1cc(Br)c(NC(=O)c2cc(N)ccc2Br)cc1Cl. The van der Waals surface area contributed by atoms with Gasteiger partial charge in [0.2, 0.25) is 0 Å². The standard InChI is InChI=1S/C14H11Br2ClN2O/c1-7-4-11(16)13(6-12(7)17)19-14(20)9-5-8(18)2-3-10(9)15/h2-6H,18H2,1H3,(H,19,20). The number of amides is 1. The smallest absolute Gasteiger partial charge is 0.256 e. The van der Waals surface area contributed by atoms with Crippen LogP contribution in [0.1, 0.15) is 15.9 Å². The van der Waals surface area contributed by atoms with Gasteiger partial charge < -0.3 is 11.1 Å². The molecule has 0 aliphatic carbocycles. The van der Waals surface area contributed by atoms with Gasteiger partial charge in [0, 0.05) is 19.7 Å². The minimum absolute atomic E-state index is 0.259. The predicted molar refractivity (Wildman–Crippen MR) is 90.4 cm³/mol. The second-order valence-electron chi connectivity index (χ2n) is 4.27. The van der Waals surface area contributed by atoms with Crippen LogP contribution in [-0.2, 0) is 0 Å². The molecule has 1 amide bonds. The first-order valence-corrected chi connectivity index (χ1v) is 7.67. The summed E-state index contributed by atoms with van der Waals surface area (Å²) < 4.78 is 1.45. The number of carbonyl (C=O) groups is 1. The summed E-state index contributed by atoms with van der Waals surface area (Å²) in [6.07, 6.45) is 0. The van der Waals surface area contributed by atoms with E-state index < -0.39 is 0 Å². The normalized spacial score (nSPS) is 10.4. The van der Waals surface area contributed by atoms with E-state index in [9.17, 15) is 4.79 Å². The quantitative estimate of drug-likeness (QED) is 0.674. The average molecular weight is 419 g/mol. The van der Waals surface area contributed by atoms with Crippen molar-refractivity contribution in [2.45, 2.75) is 6.92 Å². The van der Waals surface area contributed by atoms with Crippen molar-refractivity contribution in [2.75, 3.05) is 11.1 Å². The number of nitrogens with one attached hydrogen (secondary N) is 1. The van der Waals surface area contributed by atoms with Gasteiger partial charge in [0.15, 0.2) is 0 Å². The summed E-state index contributed by atoms with van der Waals surface area (Å²) in [5.74, 6) is -0.259. The Morgan fingerprint density at radius 3 is 2.60 bits per heavy atom. The lowest BCUT2D eigenvalue weighted by Crippen LogP contribution is -2.13. The van der Waals surface area contributed by atoms with Gasteiger partial charge >= 0.3 is 0 Å². The van der Waals surface area contributed by atoms with Gasteiger partial charge in [-0.3, -0.25) is 4.79 Å². The van der Waals surface area contributed by atoms with Crippen molar-refractivity contribution in [2.24, 2.45) is 0 Å². The van der Waals surface area contributed by atoms with Gasteiger partial charge in [0.1, 0.15) is 0 Å². The van der Waals surface area contributed by atoms with Crippen LogP contribution in [-0.4, -0.2) is 5.91 Å². The van der Waals surface area contributed by atoms with Crippen LogP contribution in [0.3, 0.4) is 0 Å². The Morgan fingerprint density at radius 2 is 1.90 bits per heavy atom. The topological polar surface area (TPSA) is 55.1 Å². The summed E-state index contributed by atoms with van der Waals surface area (Å²) in [6.45, 7) is 1.90. The molecular formula is C14H11Br2ClN2O. The maximum absolute atomic E-state index is 12.3. The van der Waals surface area contributed by atoms with E-state index in [2.05, 4.69) is 37.2 Å². The molecule has 0 aromatic heterocycles. The highest BCUT2D eigenvalue weighted by Gasteiger charge is 2.13. The van der Waals surface area contributed by atoms with Crippen LogP contribution < -0.4 is 11.1 Å². The van der Waals surface area contributed by atoms with Crippen molar-refractivity contribution in [3.05, 3.63) is 55.4 Å². The molecule has 6 heteroatoms. The number of rotatable bonds is 2. The van der Waals surface area contributed by atoms with E-state index in [0.29, 0.717) is 26.4 Å². The van der Waals surface area contributed by atoms with Crippen LogP contribution in [0, 0.1) is 6.92 Å². The Balaban J connectivity index is 2.32. The highest BCUT2D eigenvalue weighted by atomic mass is 79.9. The predicted octanol–water partition coefficient (Wildman–Crippen LogP) is 5.01. The number of nitrogens with two attached hydrogens (primary N) is 1. The largest absolute Gasteiger partial charge is 0.399 e. The molecule has 0 unspecified atom stereocenters. The van der Waals surface area contributed by atoms with E-state index in [1.165, 1.54) is 0 Å². The number of halogens is 3. The molecule has 2 aromatic carbocycles. The lowest BCUT2D eigenvalue weighted by molar-refractivity contribution is 0.102. The third-order valence-electron chi connectivity index (χ3n) is 2.73. The summed E-state index contributed by atoms with van der Waals surface area (Å²) in [6, 6.07) is 8.63. The molecule has 0 atom stereocenters. The van der Waals surface area contributed by atoms with Gasteiger partial charge in [-0.05, 0) is 74.7 Å². The Morgan fingerprint density at radius 1 is 1.20 bits per heavy atom. The van der Waals surface area contributed by atoms with Crippen LogP contribution in [0.25, 0.3) is 0 Å². The van der Waals surface area contributed by atoms with Gasteiger partial charge in [0.05, 0.1) is 11.3 Å². The van der Waals surface area contributed by atoms with Crippen molar-refractivity contribution >= 4 is 60.7 Å². The Hall–Kier alpha value is -1.04. The van der Waals surface area contributed by atoms with Gasteiger partial charge in [0.25, 0.3) is 5.91 Å². The molecule has 104 valence electrons. The van der Waals surface area contributed by atoms with Gasteiger partial charge in [-0.1, -0.05) is 11.6 Å². The van der Waals surface area contributed by atoms with Gasteiger partial charge in [-0.15, -0.1) is 0 Å². The molecule has 3 nitrogen and oxygen atoms in total. The fourth-order valence-corrected chi connectivity index (χ4v) is 2.80. The highest BCUT2D eigenvalue weighted by molar-refractivity contribution is 9.11. The summed E-state index contributed by atoms with van der Waals surface area (Å²) in [7, 11) is 0. The third kappa shape index (κ3) is 3.34. The molecule has 0 saturated heterocycles. The molecule has 0 radical (unpaired) electrons. The van der Waals surface area contributed by atoms with E-state index in [-0.39, 0.29) is 5.91 Å². The molecule has 0 spiro atoms. The minimum atomic E-state index is -0.259. The zero-order valence-corrected chi connectivity index (χ0v) is 14.4. The fraction of sp³-hybridized carbons (Fsp3) is 0.0714. The van der Waals surface area contributed by atoms with Gasteiger partial charge in [-0.25, -0.2) is 0 Å². The summed E-state index contributed by atoms with van der Waals surface area (Å²) >= 11 is 12.8. The van der Waals surface area contributed by atoms with Crippen molar-refractivity contribution < 1.29 is 4.79 Å². The maximum atomic E-state index is 12.3. The van der Waals surface area contributed by atoms with Crippen molar-refractivity contribution in [3.63, 3.8) is 0 Å². The molecule has 0 saturated carbocycles. The number of anilines is 2. The van der Waals surface area contributed by atoms with E-state index in [1.807, 2.05) is 13.0 Å². The molecule has 3 N–H and O–H groups in total. The number of hydrogen-bond donors (Lipinski definition) is 2. The lowest BCUT2D eigenvalue weighted by atomic mass is 10.1. The van der Waals surface area contributed by atoms with E-state index in [0.717, 1.165) is 10.0 Å². The first-order chi connectivity index (χ1) is 9.38. The fourth-order valence-electron chi connectivity index (χ4n) is 1.65. The second-order valence-corrected chi connectivity index (χ2v) is 6.39. The number of hydrogen-bond acceptors (Lipinski definition) is 2. The van der Waals surface area contributed by atoms with Crippen LogP contribution >= 0.6 is 43.5 Å². The summed E-state index contributed by atoms with van der Waals surface area (Å²) in [5, 5.41) is 3.40. The number of benzene rings is 2. The number of aryl methyl sites for hydroxylation is 1. The average Bonchev–Trinajstić information content (AvgIpc) is 2.38. The van der Waals surface area contributed by atoms with Gasteiger partial charge in [-0.2, -0.15) is 0 Å². The molecule has 0 aliphatic heterocycles. The van der Waals surface area contributed by atoms with E-state index in [1.54, 1.807) is 24.3 Å². The Bertz CT molecular complexity index is 689. The van der Waals surface area contributed by atoms with E-state index in [4.69, 9.17) is 17.3 Å². The summed E-state index contributed by atoms with van der Waals surface area (Å²) in [5.41, 5.74) is 8.24. The molecular weight excluding hydrogens is 407 g/mol. The third-order valence-corrected chi connectivity index (χ3v) is 4.49. The first-order valence-electron chi connectivity index (χ1n) is 5.70. The number of carbonyl (C=O) groups excluding carboxylic acids is 1. The lowest BCUT2D eigenvalue weighted by Gasteiger charge is -2.11. The van der Waals surface area contributed by atoms with Crippen molar-refractivity contribution in [3.8, 4) is 0 Å². The molecule has 0 aliphatic rings. The molecule has 0 fully saturated rings. The van der Waals surface area contributed by atoms with Crippen LogP contribution in [0.5, 0.6) is 0 Å². The van der Waals surface area contributed by atoms with Crippen molar-refractivity contribution in [1.29, 1.82) is 0 Å². The first kappa shape index (κ1) is 15.4. The molecule has 0 heterocycles. The molecule has 0 bridgehead atoms. The highest BCUT2D eigenvalue weighted by Crippen LogP contribution is 2.30.